The van der Waals surface area contributed by atoms with Gasteiger partial charge in [-0.15, -0.1) is 0 Å². The molecular formula is C17H15F4NO4. The van der Waals surface area contributed by atoms with Gasteiger partial charge in [-0.2, -0.15) is 13.2 Å². The molecule has 0 saturated heterocycles. The average molecular weight is 373 g/mol. The number of rotatable bonds is 5. The maximum atomic E-state index is 13.3. The molecule has 0 aliphatic rings. The zero-order valence-corrected chi connectivity index (χ0v) is 14.0. The van der Waals surface area contributed by atoms with Crippen molar-refractivity contribution in [2.45, 2.75) is 6.18 Å². The van der Waals surface area contributed by atoms with Gasteiger partial charge in [0.05, 0.1) is 26.9 Å². The summed E-state index contributed by atoms with van der Waals surface area (Å²) < 4.78 is 67.0. The lowest BCUT2D eigenvalue weighted by atomic mass is 10.1. The number of methoxy groups -OCH3 is 3. The molecule has 0 radical (unpaired) electrons. The molecule has 0 atom stereocenters. The highest BCUT2D eigenvalue weighted by Gasteiger charge is 2.34. The van der Waals surface area contributed by atoms with Crippen LogP contribution in [0.15, 0.2) is 30.3 Å². The highest BCUT2D eigenvalue weighted by molar-refractivity contribution is 6.05. The van der Waals surface area contributed by atoms with Crippen LogP contribution in [0.5, 0.6) is 17.2 Å². The first-order valence-electron chi connectivity index (χ1n) is 7.19. The van der Waals surface area contributed by atoms with E-state index in [1.54, 1.807) is 0 Å². The van der Waals surface area contributed by atoms with Crippen LogP contribution in [0.1, 0.15) is 15.9 Å². The topological polar surface area (TPSA) is 56.8 Å². The summed E-state index contributed by atoms with van der Waals surface area (Å²) in [4.78, 5) is 12.4. The number of hydrogen-bond acceptors (Lipinski definition) is 4. The summed E-state index contributed by atoms with van der Waals surface area (Å²) in [5.74, 6) is -1.50. The van der Waals surface area contributed by atoms with Crippen molar-refractivity contribution in [3.05, 3.63) is 47.3 Å². The third-order valence-corrected chi connectivity index (χ3v) is 3.46. The molecule has 0 bridgehead atoms. The summed E-state index contributed by atoms with van der Waals surface area (Å²) in [7, 11) is 4.10. The highest BCUT2D eigenvalue weighted by atomic mass is 19.4. The Bertz CT molecular complexity index is 796. The summed E-state index contributed by atoms with van der Waals surface area (Å²) in [5.41, 5.74) is -1.63. The van der Waals surface area contributed by atoms with E-state index in [-0.39, 0.29) is 28.5 Å². The monoisotopic (exact) mass is 373 g/mol. The minimum atomic E-state index is -4.88. The molecule has 2 rings (SSSR count). The van der Waals surface area contributed by atoms with Gasteiger partial charge in [0.2, 0.25) is 5.75 Å². The Morgan fingerprint density at radius 2 is 1.54 bits per heavy atom. The van der Waals surface area contributed by atoms with Crippen LogP contribution >= 0.6 is 0 Å². The van der Waals surface area contributed by atoms with Gasteiger partial charge < -0.3 is 19.5 Å². The smallest absolute Gasteiger partial charge is 0.419 e. The summed E-state index contributed by atoms with van der Waals surface area (Å²) >= 11 is 0. The van der Waals surface area contributed by atoms with Crippen molar-refractivity contribution in [2.75, 3.05) is 26.6 Å². The molecule has 2 aromatic rings. The number of nitrogens with one attached hydrogen (secondary N) is 1. The number of carbonyl (C=O) groups is 1. The molecule has 0 heterocycles. The van der Waals surface area contributed by atoms with E-state index in [1.165, 1.54) is 33.5 Å². The standard InChI is InChI=1S/C17H15F4NO4/c1-24-13-6-9(7-14(25-2)15(13)26-3)16(23)22-10-4-5-12(18)11(8-10)17(19,20)21/h4-8H,1-3H3,(H,22,23). The second-order valence-corrected chi connectivity index (χ2v) is 5.06. The van der Waals surface area contributed by atoms with Gasteiger partial charge in [0.1, 0.15) is 5.82 Å². The highest BCUT2D eigenvalue weighted by Crippen LogP contribution is 2.38. The number of hydrogen-bond donors (Lipinski definition) is 1. The molecule has 140 valence electrons. The number of anilines is 1. The van der Waals surface area contributed by atoms with Crippen molar-refractivity contribution in [3.8, 4) is 17.2 Å². The van der Waals surface area contributed by atoms with Crippen LogP contribution in [0.25, 0.3) is 0 Å². The molecule has 26 heavy (non-hydrogen) atoms. The van der Waals surface area contributed by atoms with E-state index < -0.39 is 23.5 Å². The molecule has 2 aromatic carbocycles. The van der Waals surface area contributed by atoms with Crippen molar-refractivity contribution in [3.63, 3.8) is 0 Å². The normalized spacial score (nSPS) is 11.0. The second kappa shape index (κ2) is 7.51. The van der Waals surface area contributed by atoms with Gasteiger partial charge in [-0.25, -0.2) is 4.39 Å². The zero-order chi connectivity index (χ0) is 19.5. The van der Waals surface area contributed by atoms with Crippen LogP contribution in [0.4, 0.5) is 23.2 Å². The van der Waals surface area contributed by atoms with E-state index in [4.69, 9.17) is 14.2 Å². The van der Waals surface area contributed by atoms with E-state index >= 15 is 0 Å². The number of amides is 1. The van der Waals surface area contributed by atoms with Gasteiger partial charge in [0, 0.05) is 11.3 Å². The van der Waals surface area contributed by atoms with Gasteiger partial charge in [-0.05, 0) is 30.3 Å². The Morgan fingerprint density at radius 3 is 2.00 bits per heavy atom. The predicted molar refractivity (Wildman–Crippen MR) is 85.5 cm³/mol. The Balaban J connectivity index is 2.36. The lowest BCUT2D eigenvalue weighted by Gasteiger charge is -2.14. The van der Waals surface area contributed by atoms with Gasteiger partial charge in [-0.1, -0.05) is 0 Å². The van der Waals surface area contributed by atoms with E-state index in [2.05, 4.69) is 5.32 Å². The maximum absolute atomic E-state index is 13.3. The van der Waals surface area contributed by atoms with Crippen LogP contribution in [0.3, 0.4) is 0 Å². The summed E-state index contributed by atoms with van der Waals surface area (Å²) in [5, 5.41) is 2.28. The maximum Gasteiger partial charge on any atom is 0.419 e. The van der Waals surface area contributed by atoms with Crippen molar-refractivity contribution in [1.29, 1.82) is 0 Å². The van der Waals surface area contributed by atoms with Crippen LogP contribution < -0.4 is 19.5 Å². The molecule has 5 nitrogen and oxygen atoms in total. The molecule has 0 aliphatic heterocycles. The number of ether oxygens (including phenoxy) is 3. The first-order valence-corrected chi connectivity index (χ1v) is 7.19. The first-order chi connectivity index (χ1) is 12.2. The van der Waals surface area contributed by atoms with Crippen molar-refractivity contribution in [1.82, 2.24) is 0 Å². The molecular weight excluding hydrogens is 358 g/mol. The quantitative estimate of drug-likeness (QED) is 0.801. The van der Waals surface area contributed by atoms with E-state index in [0.29, 0.717) is 12.1 Å². The van der Waals surface area contributed by atoms with Gasteiger partial charge in [-0.3, -0.25) is 4.79 Å². The molecule has 9 heteroatoms. The third kappa shape index (κ3) is 3.98. The SMILES string of the molecule is COc1cc(C(=O)Nc2ccc(F)c(C(F)(F)F)c2)cc(OC)c1OC. The lowest BCUT2D eigenvalue weighted by Crippen LogP contribution is -2.14. The summed E-state index contributed by atoms with van der Waals surface area (Å²) in [6.07, 6.45) is -4.88. The first kappa shape index (κ1) is 19.4. The minimum Gasteiger partial charge on any atom is -0.493 e. The Kier molecular flexibility index (Phi) is 5.59. The van der Waals surface area contributed by atoms with Crippen LogP contribution in [-0.4, -0.2) is 27.2 Å². The van der Waals surface area contributed by atoms with Crippen molar-refractivity contribution >= 4 is 11.6 Å². The number of carbonyl (C=O) groups excluding carboxylic acids is 1. The third-order valence-electron chi connectivity index (χ3n) is 3.46. The Morgan fingerprint density at radius 1 is 0.962 bits per heavy atom. The van der Waals surface area contributed by atoms with E-state index in [0.717, 1.165) is 6.07 Å². The predicted octanol–water partition coefficient (Wildman–Crippen LogP) is 4.12. The van der Waals surface area contributed by atoms with Crippen molar-refractivity contribution in [2.24, 2.45) is 0 Å². The molecule has 0 fully saturated rings. The molecule has 0 unspecified atom stereocenters. The van der Waals surface area contributed by atoms with Crippen LogP contribution in [0.2, 0.25) is 0 Å². The largest absolute Gasteiger partial charge is 0.493 e. The van der Waals surface area contributed by atoms with Gasteiger partial charge >= 0.3 is 6.18 Å². The Labute approximate surface area is 146 Å². The van der Waals surface area contributed by atoms with E-state index in [9.17, 15) is 22.4 Å². The fraction of sp³-hybridized carbons (Fsp3) is 0.235. The summed E-state index contributed by atoms with van der Waals surface area (Å²) in [6, 6.07) is 4.86. The number of benzene rings is 2. The van der Waals surface area contributed by atoms with Crippen LogP contribution in [-0.2, 0) is 6.18 Å². The fourth-order valence-electron chi connectivity index (χ4n) is 2.24. The Hall–Kier alpha value is -2.97. The molecule has 0 spiro atoms. The number of alkyl halides is 3. The molecule has 1 N–H and O–H groups in total. The lowest BCUT2D eigenvalue weighted by molar-refractivity contribution is -0.139. The number of halogens is 4. The molecule has 0 aromatic heterocycles. The zero-order valence-electron chi connectivity index (χ0n) is 14.0. The second-order valence-electron chi connectivity index (χ2n) is 5.06. The molecule has 1 amide bonds. The van der Waals surface area contributed by atoms with Crippen molar-refractivity contribution < 1.29 is 36.6 Å². The van der Waals surface area contributed by atoms with Crippen LogP contribution in [0, 0.1) is 5.82 Å². The van der Waals surface area contributed by atoms with Gasteiger partial charge in [0.25, 0.3) is 5.91 Å². The minimum absolute atomic E-state index is 0.0531. The molecule has 0 saturated carbocycles. The van der Waals surface area contributed by atoms with Gasteiger partial charge in [0.15, 0.2) is 11.5 Å². The van der Waals surface area contributed by atoms with E-state index in [1.807, 2.05) is 0 Å². The molecule has 0 aliphatic carbocycles. The fourth-order valence-corrected chi connectivity index (χ4v) is 2.24. The average Bonchev–Trinajstić information content (AvgIpc) is 2.60. The summed E-state index contributed by atoms with van der Waals surface area (Å²) in [6.45, 7) is 0.